The molecular formula is C20H33N3O3. The monoisotopic (exact) mass is 363 g/mol. The largest absolute Gasteiger partial charge is 0.478 e. The highest BCUT2D eigenvalue weighted by Crippen LogP contribution is 2.30. The first-order chi connectivity index (χ1) is 12.4. The number of aromatic carboxylic acids is 1. The number of carbonyl (C=O) groups is 1. The molecule has 1 heterocycles. The highest BCUT2D eigenvalue weighted by atomic mass is 16.5. The van der Waals surface area contributed by atoms with Gasteiger partial charge in [0, 0.05) is 38.8 Å². The predicted octanol–water partition coefficient (Wildman–Crippen LogP) is 2.38. The lowest BCUT2D eigenvalue weighted by Gasteiger charge is -2.30. The summed E-state index contributed by atoms with van der Waals surface area (Å²) < 4.78 is 5.39. The molecule has 0 spiro atoms. The summed E-state index contributed by atoms with van der Waals surface area (Å²) in [5, 5.41) is 9.76. The van der Waals surface area contributed by atoms with Gasteiger partial charge in [-0.25, -0.2) is 4.79 Å². The molecule has 1 N–H and O–H groups in total. The maximum Gasteiger partial charge on any atom is 0.337 e. The Morgan fingerprint density at radius 3 is 2.77 bits per heavy atom. The van der Waals surface area contributed by atoms with Crippen molar-refractivity contribution >= 4 is 11.7 Å². The number of ether oxygens (including phenoxy) is 1. The molecule has 0 radical (unpaired) electrons. The maximum absolute atomic E-state index is 11.9. The molecule has 1 aliphatic rings. The summed E-state index contributed by atoms with van der Waals surface area (Å²) in [5.41, 5.74) is 2.28. The third kappa shape index (κ3) is 5.69. The molecule has 1 aromatic carbocycles. The van der Waals surface area contributed by atoms with Gasteiger partial charge in [0.25, 0.3) is 0 Å². The van der Waals surface area contributed by atoms with Crippen molar-refractivity contribution in [1.82, 2.24) is 9.80 Å². The molecule has 1 aliphatic heterocycles. The van der Waals surface area contributed by atoms with E-state index in [1.165, 1.54) is 0 Å². The van der Waals surface area contributed by atoms with Gasteiger partial charge in [-0.15, -0.1) is 0 Å². The van der Waals surface area contributed by atoms with Crippen molar-refractivity contribution in [1.29, 1.82) is 0 Å². The fourth-order valence-electron chi connectivity index (χ4n) is 3.62. The minimum absolute atomic E-state index is 0.378. The summed E-state index contributed by atoms with van der Waals surface area (Å²) >= 11 is 0. The summed E-state index contributed by atoms with van der Waals surface area (Å²) in [6.45, 7) is 6.81. The summed E-state index contributed by atoms with van der Waals surface area (Å²) in [7, 11) is 6.16. The van der Waals surface area contributed by atoms with Gasteiger partial charge in [-0.1, -0.05) is 6.07 Å². The van der Waals surface area contributed by atoms with E-state index >= 15 is 0 Å². The molecule has 6 heteroatoms. The molecule has 0 aromatic heterocycles. The molecule has 2 rings (SSSR count). The first kappa shape index (κ1) is 20.7. The average molecular weight is 364 g/mol. The van der Waals surface area contributed by atoms with Crippen LogP contribution in [0.25, 0.3) is 0 Å². The number of rotatable bonds is 10. The van der Waals surface area contributed by atoms with Crippen molar-refractivity contribution < 1.29 is 14.6 Å². The number of likely N-dealkylation sites (N-methyl/N-ethyl adjacent to an activating group) is 2. The summed E-state index contributed by atoms with van der Waals surface area (Å²) in [5.74, 6) is -0.852. The summed E-state index contributed by atoms with van der Waals surface area (Å²) in [6, 6.07) is 6.26. The highest BCUT2D eigenvalue weighted by molar-refractivity contribution is 5.95. The first-order valence-corrected chi connectivity index (χ1v) is 9.46. The van der Waals surface area contributed by atoms with Crippen molar-refractivity contribution in [2.45, 2.75) is 32.4 Å². The minimum atomic E-state index is -0.852. The average Bonchev–Trinajstić information content (AvgIpc) is 3.02. The fraction of sp³-hybridized carbons (Fsp3) is 0.650. The Bertz CT molecular complexity index is 592. The van der Waals surface area contributed by atoms with Gasteiger partial charge in [0.15, 0.2) is 0 Å². The fourth-order valence-corrected chi connectivity index (χ4v) is 3.62. The van der Waals surface area contributed by atoms with E-state index in [0.717, 1.165) is 56.9 Å². The second-order valence-corrected chi connectivity index (χ2v) is 7.34. The molecule has 1 aromatic rings. The normalized spacial score (nSPS) is 17.5. The van der Waals surface area contributed by atoms with Crippen molar-refractivity contribution in [2.75, 3.05) is 58.9 Å². The molecule has 1 saturated heterocycles. The zero-order valence-electron chi connectivity index (χ0n) is 16.6. The van der Waals surface area contributed by atoms with Crippen LogP contribution >= 0.6 is 0 Å². The quantitative estimate of drug-likeness (QED) is 0.644. The van der Waals surface area contributed by atoms with Crippen molar-refractivity contribution in [2.24, 2.45) is 0 Å². The molecule has 6 nitrogen and oxygen atoms in total. The number of carboxylic acid groups (broad SMARTS) is 1. The van der Waals surface area contributed by atoms with Gasteiger partial charge in [-0.05, 0) is 58.6 Å². The number of anilines is 1. The standard InChI is InChI=1S/C20H33N3O3/c1-5-26-12-11-22(4)14-16-8-9-19(18(13-16)20(24)25)23-10-6-7-17(23)15-21(2)3/h8-9,13,17H,5-7,10-12,14-15H2,1-4H3,(H,24,25). The van der Waals surface area contributed by atoms with E-state index in [1.807, 2.05) is 26.1 Å². The third-order valence-corrected chi connectivity index (χ3v) is 4.83. The molecule has 0 aliphatic carbocycles. The van der Waals surface area contributed by atoms with Crippen LogP contribution in [0.15, 0.2) is 18.2 Å². The molecule has 0 bridgehead atoms. The molecular weight excluding hydrogens is 330 g/mol. The second-order valence-electron chi connectivity index (χ2n) is 7.34. The predicted molar refractivity (Wildman–Crippen MR) is 105 cm³/mol. The Balaban J connectivity index is 2.14. The summed E-state index contributed by atoms with van der Waals surface area (Å²) in [4.78, 5) is 18.5. The number of benzene rings is 1. The molecule has 26 heavy (non-hydrogen) atoms. The van der Waals surface area contributed by atoms with Gasteiger partial charge in [0.1, 0.15) is 0 Å². The third-order valence-electron chi connectivity index (χ3n) is 4.83. The smallest absolute Gasteiger partial charge is 0.337 e. The Kier molecular flexibility index (Phi) is 7.87. The van der Waals surface area contributed by atoms with Crippen LogP contribution < -0.4 is 4.90 Å². The van der Waals surface area contributed by atoms with Gasteiger partial charge in [-0.3, -0.25) is 4.90 Å². The van der Waals surface area contributed by atoms with Crippen LogP contribution in [0.4, 0.5) is 5.69 Å². The van der Waals surface area contributed by atoms with Crippen molar-refractivity contribution in [3.63, 3.8) is 0 Å². The lowest BCUT2D eigenvalue weighted by atomic mass is 10.1. The van der Waals surface area contributed by atoms with Gasteiger partial charge in [-0.2, -0.15) is 0 Å². The number of hydrogen-bond acceptors (Lipinski definition) is 5. The van der Waals surface area contributed by atoms with Gasteiger partial charge in [0.2, 0.25) is 0 Å². The Labute approximate surface area is 157 Å². The summed E-state index contributed by atoms with van der Waals surface area (Å²) in [6.07, 6.45) is 2.22. The zero-order valence-corrected chi connectivity index (χ0v) is 16.6. The lowest BCUT2D eigenvalue weighted by molar-refractivity contribution is 0.0697. The van der Waals surface area contributed by atoms with Crippen LogP contribution in [-0.2, 0) is 11.3 Å². The molecule has 146 valence electrons. The van der Waals surface area contributed by atoms with E-state index in [4.69, 9.17) is 4.74 Å². The molecule has 0 amide bonds. The Hall–Kier alpha value is -1.63. The Morgan fingerprint density at radius 2 is 2.12 bits per heavy atom. The van der Waals surface area contributed by atoms with Gasteiger partial charge in [0.05, 0.1) is 17.9 Å². The van der Waals surface area contributed by atoms with E-state index in [1.54, 1.807) is 0 Å². The first-order valence-electron chi connectivity index (χ1n) is 9.46. The topological polar surface area (TPSA) is 56.2 Å². The van der Waals surface area contributed by atoms with Crippen LogP contribution in [0.2, 0.25) is 0 Å². The zero-order chi connectivity index (χ0) is 19.1. The van der Waals surface area contributed by atoms with E-state index < -0.39 is 5.97 Å². The van der Waals surface area contributed by atoms with Crippen LogP contribution in [-0.4, -0.2) is 80.9 Å². The lowest BCUT2D eigenvalue weighted by Crippen LogP contribution is -2.38. The molecule has 0 saturated carbocycles. The van der Waals surface area contributed by atoms with Crippen molar-refractivity contribution in [3.05, 3.63) is 29.3 Å². The van der Waals surface area contributed by atoms with E-state index in [-0.39, 0.29) is 0 Å². The SMILES string of the molecule is CCOCCN(C)Cc1ccc(N2CCCC2CN(C)C)c(C(=O)O)c1. The number of carboxylic acids is 1. The van der Waals surface area contributed by atoms with Crippen LogP contribution in [0.3, 0.4) is 0 Å². The molecule has 1 fully saturated rings. The van der Waals surface area contributed by atoms with Crippen LogP contribution in [0.5, 0.6) is 0 Å². The van der Waals surface area contributed by atoms with E-state index in [9.17, 15) is 9.90 Å². The minimum Gasteiger partial charge on any atom is -0.478 e. The van der Waals surface area contributed by atoms with Gasteiger partial charge >= 0.3 is 5.97 Å². The van der Waals surface area contributed by atoms with Crippen LogP contribution in [0.1, 0.15) is 35.7 Å². The number of nitrogens with zero attached hydrogens (tertiary/aromatic N) is 3. The molecule has 1 unspecified atom stereocenters. The second kappa shape index (κ2) is 9.90. The highest BCUT2D eigenvalue weighted by Gasteiger charge is 2.28. The van der Waals surface area contributed by atoms with Crippen LogP contribution in [0, 0.1) is 0 Å². The van der Waals surface area contributed by atoms with Crippen molar-refractivity contribution in [3.8, 4) is 0 Å². The van der Waals surface area contributed by atoms with Gasteiger partial charge < -0.3 is 19.6 Å². The number of hydrogen-bond donors (Lipinski definition) is 1. The van der Waals surface area contributed by atoms with E-state index in [2.05, 4.69) is 34.9 Å². The maximum atomic E-state index is 11.9. The van der Waals surface area contributed by atoms with E-state index in [0.29, 0.717) is 18.2 Å². The Morgan fingerprint density at radius 1 is 1.35 bits per heavy atom. The molecule has 1 atom stereocenters.